The molecule has 3 rings (SSSR count). The number of aryl methyl sites for hydroxylation is 1. The first-order valence-electron chi connectivity index (χ1n) is 8.59. The van der Waals surface area contributed by atoms with Gasteiger partial charge in [-0.1, -0.05) is 35.9 Å². The van der Waals surface area contributed by atoms with Gasteiger partial charge < -0.3 is 14.5 Å². The Balaban J connectivity index is 1.43. The minimum Gasteiger partial charge on any atom is -0.494 e. The molecule has 1 amide bonds. The average Bonchev–Trinajstić information content (AvgIpc) is 3.04. The number of carbonyl (C=O) groups is 1. The van der Waals surface area contributed by atoms with Gasteiger partial charge in [0.25, 0.3) is 0 Å². The Morgan fingerprint density at radius 1 is 1.16 bits per heavy atom. The molecule has 0 fully saturated rings. The van der Waals surface area contributed by atoms with E-state index in [1.54, 1.807) is 0 Å². The summed E-state index contributed by atoms with van der Waals surface area (Å²) in [6.07, 6.45) is 1.10. The van der Waals surface area contributed by atoms with Gasteiger partial charge in [-0.05, 0) is 44.5 Å². The fourth-order valence-electron chi connectivity index (χ4n) is 2.66. The highest BCUT2D eigenvalue weighted by Crippen LogP contribution is 2.23. The summed E-state index contributed by atoms with van der Waals surface area (Å²) < 4.78 is 11.4. The molecular weight excluding hydrogens is 314 g/mol. The van der Waals surface area contributed by atoms with Gasteiger partial charge in [-0.15, -0.1) is 0 Å². The number of para-hydroxylation sites is 1. The second-order valence-corrected chi connectivity index (χ2v) is 6.24. The molecule has 0 aliphatic carbocycles. The lowest BCUT2D eigenvalue weighted by Gasteiger charge is -2.11. The van der Waals surface area contributed by atoms with E-state index in [0.29, 0.717) is 19.4 Å². The predicted octanol–water partition coefficient (Wildman–Crippen LogP) is 4.78. The zero-order valence-electron chi connectivity index (χ0n) is 14.6. The van der Waals surface area contributed by atoms with E-state index in [1.165, 1.54) is 5.56 Å². The minimum absolute atomic E-state index is 0.000428. The number of benzene rings is 2. The van der Waals surface area contributed by atoms with Gasteiger partial charge in [-0.2, -0.15) is 0 Å². The van der Waals surface area contributed by atoms with Crippen molar-refractivity contribution in [2.45, 2.75) is 32.7 Å². The second-order valence-electron chi connectivity index (χ2n) is 6.24. The quantitative estimate of drug-likeness (QED) is 0.631. The summed E-state index contributed by atoms with van der Waals surface area (Å²) in [5, 5.41) is 4.02. The third kappa shape index (κ3) is 4.63. The summed E-state index contributed by atoms with van der Waals surface area (Å²) >= 11 is 0. The molecule has 1 aromatic heterocycles. The molecule has 3 aromatic rings. The van der Waals surface area contributed by atoms with E-state index in [2.05, 4.69) is 5.32 Å². The number of nitrogens with one attached hydrogen (secondary N) is 1. The fraction of sp³-hybridized carbons (Fsp3) is 0.286. The van der Waals surface area contributed by atoms with Gasteiger partial charge in [0.05, 0.1) is 12.6 Å². The largest absolute Gasteiger partial charge is 0.494 e. The zero-order chi connectivity index (χ0) is 17.6. The molecule has 0 aliphatic rings. The normalized spacial score (nSPS) is 12.1. The summed E-state index contributed by atoms with van der Waals surface area (Å²) in [5.41, 5.74) is 2.04. The number of furan rings is 1. The van der Waals surface area contributed by atoms with E-state index in [1.807, 2.05) is 68.4 Å². The van der Waals surface area contributed by atoms with Gasteiger partial charge in [0.2, 0.25) is 5.91 Å². The van der Waals surface area contributed by atoms with E-state index in [4.69, 9.17) is 9.15 Å². The lowest BCUT2D eigenvalue weighted by atomic mass is 10.2. The molecule has 0 radical (unpaired) electrons. The van der Waals surface area contributed by atoms with Gasteiger partial charge in [0.15, 0.2) is 0 Å². The smallest absolute Gasteiger partial charge is 0.220 e. The number of hydrogen-bond acceptors (Lipinski definition) is 3. The Kier molecular flexibility index (Phi) is 5.39. The van der Waals surface area contributed by atoms with Crippen LogP contribution in [0, 0.1) is 6.92 Å². The maximum atomic E-state index is 12.1. The second kappa shape index (κ2) is 7.88. The van der Waals surface area contributed by atoms with Crippen LogP contribution < -0.4 is 10.1 Å². The molecule has 130 valence electrons. The molecule has 0 saturated heterocycles. The fourth-order valence-corrected chi connectivity index (χ4v) is 2.66. The third-order valence-corrected chi connectivity index (χ3v) is 4.09. The molecule has 0 spiro atoms. The maximum absolute atomic E-state index is 12.1. The van der Waals surface area contributed by atoms with Crippen molar-refractivity contribution >= 4 is 16.9 Å². The molecule has 0 saturated carbocycles. The Morgan fingerprint density at radius 2 is 1.92 bits per heavy atom. The van der Waals surface area contributed by atoms with Crippen molar-refractivity contribution in [1.29, 1.82) is 0 Å². The van der Waals surface area contributed by atoms with Crippen molar-refractivity contribution < 1.29 is 13.9 Å². The molecule has 4 nitrogen and oxygen atoms in total. The number of rotatable bonds is 7. The number of ether oxygens (including phenoxy) is 1. The molecule has 4 heteroatoms. The summed E-state index contributed by atoms with van der Waals surface area (Å²) in [6, 6.07) is 17.6. The van der Waals surface area contributed by atoms with E-state index in [9.17, 15) is 4.79 Å². The third-order valence-electron chi connectivity index (χ3n) is 4.09. The van der Waals surface area contributed by atoms with Crippen molar-refractivity contribution in [3.63, 3.8) is 0 Å². The first-order chi connectivity index (χ1) is 12.1. The molecule has 0 aliphatic heterocycles. The number of hydrogen-bond donors (Lipinski definition) is 1. The Labute approximate surface area is 147 Å². The van der Waals surface area contributed by atoms with Crippen LogP contribution in [0.1, 0.15) is 37.1 Å². The number of amides is 1. The Morgan fingerprint density at radius 3 is 2.68 bits per heavy atom. The van der Waals surface area contributed by atoms with Gasteiger partial charge >= 0.3 is 0 Å². The summed E-state index contributed by atoms with van der Waals surface area (Å²) in [5.74, 6) is 1.60. The highest BCUT2D eigenvalue weighted by atomic mass is 16.5. The molecule has 1 N–H and O–H groups in total. The maximum Gasteiger partial charge on any atom is 0.220 e. The van der Waals surface area contributed by atoms with E-state index >= 15 is 0 Å². The first kappa shape index (κ1) is 17.1. The van der Waals surface area contributed by atoms with Crippen LogP contribution in [-0.4, -0.2) is 12.5 Å². The van der Waals surface area contributed by atoms with Crippen LogP contribution in [0.3, 0.4) is 0 Å². The molecule has 0 unspecified atom stereocenters. The van der Waals surface area contributed by atoms with Crippen LogP contribution in [0.25, 0.3) is 11.0 Å². The van der Waals surface area contributed by atoms with Crippen molar-refractivity contribution in [1.82, 2.24) is 5.32 Å². The Bertz CT molecular complexity index is 803. The van der Waals surface area contributed by atoms with E-state index in [0.717, 1.165) is 22.5 Å². The van der Waals surface area contributed by atoms with Gasteiger partial charge in [-0.25, -0.2) is 0 Å². The van der Waals surface area contributed by atoms with Crippen LogP contribution in [-0.2, 0) is 4.79 Å². The van der Waals surface area contributed by atoms with E-state index in [-0.39, 0.29) is 11.9 Å². The van der Waals surface area contributed by atoms with Crippen molar-refractivity contribution in [2.24, 2.45) is 0 Å². The van der Waals surface area contributed by atoms with Gasteiger partial charge in [0.1, 0.15) is 17.1 Å². The summed E-state index contributed by atoms with van der Waals surface area (Å²) in [6.45, 7) is 4.49. The monoisotopic (exact) mass is 337 g/mol. The van der Waals surface area contributed by atoms with Crippen LogP contribution in [0.5, 0.6) is 5.75 Å². The van der Waals surface area contributed by atoms with Crippen molar-refractivity contribution in [3.05, 3.63) is 65.9 Å². The van der Waals surface area contributed by atoms with Gasteiger partial charge in [-0.3, -0.25) is 4.79 Å². The van der Waals surface area contributed by atoms with Crippen LogP contribution in [0.2, 0.25) is 0 Å². The minimum atomic E-state index is -0.155. The summed E-state index contributed by atoms with van der Waals surface area (Å²) in [4.78, 5) is 12.1. The molecule has 2 aromatic carbocycles. The predicted molar refractivity (Wildman–Crippen MR) is 98.7 cm³/mol. The highest BCUT2D eigenvalue weighted by Gasteiger charge is 2.13. The van der Waals surface area contributed by atoms with E-state index < -0.39 is 0 Å². The number of carbonyl (C=O) groups excluding carboxylic acids is 1. The van der Waals surface area contributed by atoms with Crippen molar-refractivity contribution in [2.75, 3.05) is 6.61 Å². The topological polar surface area (TPSA) is 51.5 Å². The summed E-state index contributed by atoms with van der Waals surface area (Å²) in [7, 11) is 0. The molecule has 25 heavy (non-hydrogen) atoms. The molecule has 1 heterocycles. The number of fused-ring (bicyclic) bond motifs is 1. The lowest BCUT2D eigenvalue weighted by Crippen LogP contribution is -2.26. The lowest BCUT2D eigenvalue weighted by molar-refractivity contribution is -0.122. The standard InChI is InChI=1S/C21H23NO3/c1-15-9-11-18(12-10-15)24-13-5-8-21(23)22-16(2)20-14-17-6-3-4-7-19(17)25-20/h3-4,6-7,9-12,14,16H,5,8,13H2,1-2H3,(H,22,23)/t16-/m0/s1. The van der Waals surface area contributed by atoms with Crippen molar-refractivity contribution in [3.8, 4) is 5.75 Å². The van der Waals surface area contributed by atoms with Gasteiger partial charge in [0, 0.05) is 11.8 Å². The Hall–Kier alpha value is -2.75. The molecule has 0 bridgehead atoms. The van der Waals surface area contributed by atoms with Crippen LogP contribution in [0.4, 0.5) is 0 Å². The molecule has 1 atom stereocenters. The first-order valence-corrected chi connectivity index (χ1v) is 8.59. The van der Waals surface area contributed by atoms with Crippen LogP contribution in [0.15, 0.2) is 59.0 Å². The van der Waals surface area contributed by atoms with Crippen LogP contribution >= 0.6 is 0 Å². The average molecular weight is 337 g/mol. The highest BCUT2D eigenvalue weighted by molar-refractivity contribution is 5.79. The SMILES string of the molecule is Cc1ccc(OCCCC(=O)N[C@@H](C)c2cc3ccccc3o2)cc1. The zero-order valence-corrected chi connectivity index (χ0v) is 14.6. The molecular formula is C21H23NO3.